The lowest BCUT2D eigenvalue weighted by Crippen LogP contribution is -2.48. The lowest BCUT2D eigenvalue weighted by molar-refractivity contribution is -0.121. The molecule has 4 rings (SSSR count). The van der Waals surface area contributed by atoms with E-state index >= 15 is 0 Å². The molecule has 0 aliphatic carbocycles. The Morgan fingerprint density at radius 2 is 2.00 bits per heavy atom. The van der Waals surface area contributed by atoms with Gasteiger partial charge in [0.05, 0.1) is 10.6 Å². The number of carbonyl (C=O) groups excluding carboxylic acids is 2. The zero-order valence-corrected chi connectivity index (χ0v) is 18.3. The summed E-state index contributed by atoms with van der Waals surface area (Å²) < 4.78 is 33.9. The van der Waals surface area contributed by atoms with Crippen molar-refractivity contribution in [3.05, 3.63) is 48.0 Å². The van der Waals surface area contributed by atoms with Gasteiger partial charge in [-0.3, -0.25) is 9.59 Å². The number of benzene rings is 2. The van der Waals surface area contributed by atoms with Crippen molar-refractivity contribution in [2.24, 2.45) is 0 Å². The summed E-state index contributed by atoms with van der Waals surface area (Å²) in [5, 5.41) is 2.68. The first-order valence-corrected chi connectivity index (χ1v) is 11.7. The molecule has 0 aromatic heterocycles. The first-order chi connectivity index (χ1) is 14.8. The summed E-state index contributed by atoms with van der Waals surface area (Å²) in [6, 6.07) is 11.5. The van der Waals surface area contributed by atoms with E-state index in [0.29, 0.717) is 36.4 Å². The predicted molar refractivity (Wildman–Crippen MR) is 117 cm³/mol. The number of nitrogens with one attached hydrogen (secondary N) is 1. The van der Waals surface area contributed by atoms with Gasteiger partial charge in [-0.2, -0.15) is 4.31 Å². The van der Waals surface area contributed by atoms with E-state index in [9.17, 15) is 18.0 Å². The van der Waals surface area contributed by atoms with Crippen LogP contribution in [0, 0.1) is 6.92 Å². The van der Waals surface area contributed by atoms with Crippen LogP contribution in [-0.4, -0.2) is 50.3 Å². The standard InChI is InChI=1S/C22H25N3O5S/c1-3-24(16-8-5-4-6-9-16)22(27)18-10-7-11-25(18)31(28,29)20-13-19-17(12-15(20)2)23-21(26)14-30-19/h4-6,8-9,12-13,18H,3,7,10-11,14H2,1-2H3,(H,23,26)/t18-/m0/s1. The Morgan fingerprint density at radius 1 is 1.26 bits per heavy atom. The highest BCUT2D eigenvalue weighted by atomic mass is 32.2. The lowest BCUT2D eigenvalue weighted by atomic mass is 10.2. The molecule has 0 unspecified atom stereocenters. The van der Waals surface area contributed by atoms with Crippen LogP contribution in [-0.2, 0) is 19.6 Å². The van der Waals surface area contributed by atoms with Crippen molar-refractivity contribution in [3.8, 4) is 5.75 Å². The van der Waals surface area contributed by atoms with Gasteiger partial charge in [0, 0.05) is 24.8 Å². The van der Waals surface area contributed by atoms with Crippen LogP contribution in [0.15, 0.2) is 47.4 Å². The molecule has 1 saturated heterocycles. The monoisotopic (exact) mass is 443 g/mol. The number of sulfonamides is 1. The molecule has 8 nitrogen and oxygen atoms in total. The smallest absolute Gasteiger partial charge is 0.262 e. The number of ether oxygens (including phenoxy) is 1. The van der Waals surface area contributed by atoms with Gasteiger partial charge in [-0.15, -0.1) is 0 Å². The van der Waals surface area contributed by atoms with Crippen LogP contribution < -0.4 is 15.0 Å². The lowest BCUT2D eigenvalue weighted by Gasteiger charge is -2.30. The summed E-state index contributed by atoms with van der Waals surface area (Å²) in [7, 11) is -3.94. The molecule has 0 radical (unpaired) electrons. The molecule has 2 aliphatic heterocycles. The van der Waals surface area contributed by atoms with E-state index in [2.05, 4.69) is 5.32 Å². The Morgan fingerprint density at radius 3 is 2.71 bits per heavy atom. The molecule has 1 N–H and O–H groups in total. The third-order valence-corrected chi connectivity index (χ3v) is 7.69. The average molecular weight is 444 g/mol. The first-order valence-electron chi connectivity index (χ1n) is 10.3. The maximum absolute atomic E-state index is 13.6. The zero-order valence-electron chi connectivity index (χ0n) is 17.5. The fraction of sp³-hybridized carbons (Fsp3) is 0.364. The average Bonchev–Trinajstić information content (AvgIpc) is 3.25. The number of likely N-dealkylation sites (N-methyl/N-ethyl adjacent to an activating group) is 1. The number of fused-ring (bicyclic) bond motifs is 1. The third-order valence-electron chi connectivity index (χ3n) is 5.64. The molecule has 0 saturated carbocycles. The molecular weight excluding hydrogens is 418 g/mol. The maximum atomic E-state index is 13.6. The van der Waals surface area contributed by atoms with E-state index in [4.69, 9.17) is 4.74 Å². The highest BCUT2D eigenvalue weighted by Gasteiger charge is 2.42. The van der Waals surface area contributed by atoms with Crippen LogP contribution in [0.2, 0.25) is 0 Å². The van der Waals surface area contributed by atoms with Crippen LogP contribution in [0.25, 0.3) is 0 Å². The van der Waals surface area contributed by atoms with Gasteiger partial charge in [0.15, 0.2) is 6.61 Å². The fourth-order valence-electron chi connectivity index (χ4n) is 4.15. The largest absolute Gasteiger partial charge is 0.482 e. The molecule has 0 bridgehead atoms. The number of amides is 2. The van der Waals surface area contributed by atoms with Gasteiger partial charge >= 0.3 is 0 Å². The van der Waals surface area contributed by atoms with Crippen molar-refractivity contribution in [1.29, 1.82) is 0 Å². The second-order valence-corrected chi connectivity index (χ2v) is 9.50. The molecule has 2 amide bonds. The third kappa shape index (κ3) is 3.90. The van der Waals surface area contributed by atoms with Crippen molar-refractivity contribution in [2.45, 2.75) is 37.6 Å². The maximum Gasteiger partial charge on any atom is 0.262 e. The second kappa shape index (κ2) is 8.32. The van der Waals surface area contributed by atoms with Crippen LogP contribution in [0.4, 0.5) is 11.4 Å². The Balaban J connectivity index is 1.67. The van der Waals surface area contributed by atoms with Gasteiger partial charge in [0.1, 0.15) is 11.8 Å². The predicted octanol–water partition coefficient (Wildman–Crippen LogP) is 2.53. The molecule has 164 valence electrons. The Bertz CT molecular complexity index is 1120. The first kappa shape index (κ1) is 21.3. The van der Waals surface area contributed by atoms with Crippen molar-refractivity contribution in [1.82, 2.24) is 4.31 Å². The van der Waals surface area contributed by atoms with E-state index in [1.165, 1.54) is 10.4 Å². The minimum Gasteiger partial charge on any atom is -0.482 e. The SMILES string of the molecule is CCN(C(=O)[C@@H]1CCCN1S(=O)(=O)c1cc2c(cc1C)NC(=O)CO2)c1ccccc1. The molecule has 1 fully saturated rings. The van der Waals surface area contributed by atoms with E-state index in [0.717, 1.165) is 5.69 Å². The number of hydrogen-bond acceptors (Lipinski definition) is 5. The van der Waals surface area contributed by atoms with E-state index in [-0.39, 0.29) is 29.9 Å². The van der Waals surface area contributed by atoms with Crippen molar-refractivity contribution in [3.63, 3.8) is 0 Å². The van der Waals surface area contributed by atoms with Gasteiger partial charge in [-0.05, 0) is 50.5 Å². The summed E-state index contributed by atoms with van der Waals surface area (Å²) in [5.41, 5.74) is 1.68. The highest BCUT2D eigenvalue weighted by molar-refractivity contribution is 7.89. The summed E-state index contributed by atoms with van der Waals surface area (Å²) in [5.74, 6) is -0.201. The second-order valence-electron chi connectivity index (χ2n) is 7.64. The number of carbonyl (C=O) groups is 2. The molecule has 2 aromatic carbocycles. The van der Waals surface area contributed by atoms with Crippen LogP contribution in [0.3, 0.4) is 0 Å². The van der Waals surface area contributed by atoms with Gasteiger partial charge < -0.3 is 15.0 Å². The molecule has 2 aromatic rings. The normalized spacial score (nSPS) is 18.8. The molecular formula is C22H25N3O5S. The Hall–Kier alpha value is -2.91. The number of para-hydroxylation sites is 1. The summed E-state index contributed by atoms with van der Waals surface area (Å²) in [6.45, 7) is 4.10. The molecule has 1 atom stereocenters. The Kier molecular flexibility index (Phi) is 5.72. The van der Waals surface area contributed by atoms with Crippen LogP contribution in [0.5, 0.6) is 5.75 Å². The summed E-state index contributed by atoms with van der Waals surface area (Å²) >= 11 is 0. The van der Waals surface area contributed by atoms with Crippen molar-refractivity contribution in [2.75, 3.05) is 29.9 Å². The van der Waals surface area contributed by atoms with Gasteiger partial charge in [-0.25, -0.2) is 8.42 Å². The summed E-state index contributed by atoms with van der Waals surface area (Å²) in [6.07, 6.45) is 1.08. The van der Waals surface area contributed by atoms with Crippen molar-refractivity contribution < 1.29 is 22.7 Å². The quantitative estimate of drug-likeness (QED) is 0.766. The van der Waals surface area contributed by atoms with Gasteiger partial charge in [0.2, 0.25) is 15.9 Å². The molecule has 31 heavy (non-hydrogen) atoms. The minimum absolute atomic E-state index is 0.0878. The summed E-state index contributed by atoms with van der Waals surface area (Å²) in [4.78, 5) is 26.6. The van der Waals surface area contributed by atoms with E-state index in [1.54, 1.807) is 17.9 Å². The van der Waals surface area contributed by atoms with E-state index in [1.807, 2.05) is 37.3 Å². The zero-order chi connectivity index (χ0) is 22.2. The molecule has 0 spiro atoms. The van der Waals surface area contributed by atoms with Crippen molar-refractivity contribution >= 4 is 33.2 Å². The number of hydrogen-bond donors (Lipinski definition) is 1. The minimum atomic E-state index is -3.94. The highest BCUT2D eigenvalue weighted by Crippen LogP contribution is 2.36. The number of rotatable bonds is 5. The van der Waals surface area contributed by atoms with Crippen LogP contribution in [0.1, 0.15) is 25.3 Å². The van der Waals surface area contributed by atoms with Crippen LogP contribution >= 0.6 is 0 Å². The number of anilines is 2. The van der Waals surface area contributed by atoms with Gasteiger partial charge in [-0.1, -0.05) is 18.2 Å². The van der Waals surface area contributed by atoms with Gasteiger partial charge in [0.25, 0.3) is 5.91 Å². The topological polar surface area (TPSA) is 96.0 Å². The number of nitrogens with zero attached hydrogens (tertiary/aromatic N) is 2. The molecule has 2 heterocycles. The number of aryl methyl sites for hydroxylation is 1. The molecule has 9 heteroatoms. The fourth-order valence-corrected chi connectivity index (χ4v) is 6.02. The molecule has 2 aliphatic rings. The van der Waals surface area contributed by atoms with E-state index < -0.39 is 16.1 Å². The Labute approximate surface area is 181 Å².